The Kier molecular flexibility index (Phi) is 13.4. The summed E-state index contributed by atoms with van der Waals surface area (Å²) in [7, 11) is -0.00831. The number of aryl methyl sites for hydroxylation is 2. The van der Waals surface area contributed by atoms with Crippen LogP contribution in [-0.2, 0) is 37.9 Å². The van der Waals surface area contributed by atoms with Crippen LogP contribution < -0.4 is 10.3 Å². The number of aromatic amines is 1. The van der Waals surface area contributed by atoms with E-state index in [-0.39, 0.29) is 28.7 Å². The van der Waals surface area contributed by atoms with Gasteiger partial charge < -0.3 is 35.0 Å². The van der Waals surface area contributed by atoms with Crippen LogP contribution in [0.2, 0.25) is 0 Å². The molecule has 1 aliphatic rings. The van der Waals surface area contributed by atoms with Crippen molar-refractivity contribution in [3.63, 3.8) is 0 Å². The Morgan fingerprint density at radius 1 is 1.02 bits per heavy atom. The lowest BCUT2D eigenvalue weighted by Crippen LogP contribution is -2.47. The van der Waals surface area contributed by atoms with Crippen molar-refractivity contribution in [2.24, 2.45) is 7.05 Å². The summed E-state index contributed by atoms with van der Waals surface area (Å²) < 4.78 is 35.4. The van der Waals surface area contributed by atoms with E-state index in [9.17, 15) is 27.6 Å². The van der Waals surface area contributed by atoms with Gasteiger partial charge in [0.05, 0.1) is 35.6 Å². The number of carbonyl (C=O) groups is 3. The molecule has 2 aromatic heterocycles. The molecule has 5 N–H and O–H groups in total. The highest BCUT2D eigenvalue weighted by Crippen LogP contribution is 2.32. The number of carboxylic acid groups (broad SMARTS) is 3. The molecule has 0 atom stereocenters. The fraction of sp³-hybridized carbons (Fsp3) is 0.500. The highest BCUT2D eigenvalue weighted by Gasteiger charge is 2.40. The molecule has 0 unspecified atom stereocenters. The van der Waals surface area contributed by atoms with Gasteiger partial charge in [0.15, 0.2) is 11.1 Å². The minimum atomic E-state index is -3.70. The number of carboxylic acids is 3. The zero-order chi connectivity index (χ0) is 34.4. The zero-order valence-electron chi connectivity index (χ0n) is 26.3. The standard InChI is InChI=1S/C22H30N6O4S.C6H8O7.ClH/c1-5-7-17-19-20(27(4)25-17)22(29)24-21(23-19)16-14-15(8-9-18(16)32-6-2)33(30,31)28-12-10-26(3)11-13-28;7-3(8)1-6(13,5(11)12)2-4(9)10;/h8-9,14H,5-7,10-13H2,1-4H3,(H,23,24,29);13H,1-2H2,(H,7,8)(H,9,10)(H,11,12);1H. The Hall–Kier alpha value is -4.10. The number of nitrogens with zero attached hydrogens (tertiary/aromatic N) is 5. The van der Waals surface area contributed by atoms with Gasteiger partial charge in [-0.1, -0.05) is 13.3 Å². The average Bonchev–Trinajstić information content (AvgIpc) is 3.28. The number of likely N-dealkylation sites (N-methyl/N-ethyl adjacent to an activating group) is 1. The van der Waals surface area contributed by atoms with Crippen LogP contribution in [0.15, 0.2) is 27.9 Å². The molecule has 0 spiro atoms. The quantitative estimate of drug-likeness (QED) is 0.175. The third kappa shape index (κ3) is 9.25. The van der Waals surface area contributed by atoms with Crippen molar-refractivity contribution in [1.82, 2.24) is 29.0 Å². The molecule has 0 aliphatic carbocycles. The Morgan fingerprint density at radius 3 is 2.13 bits per heavy atom. The zero-order valence-corrected chi connectivity index (χ0v) is 27.9. The number of sulfonamides is 1. The van der Waals surface area contributed by atoms with Crippen LogP contribution in [0.3, 0.4) is 0 Å². The molecule has 17 nitrogen and oxygen atoms in total. The lowest BCUT2D eigenvalue weighted by atomic mass is 9.96. The second kappa shape index (κ2) is 16.1. The predicted octanol–water partition coefficient (Wildman–Crippen LogP) is 0.784. The van der Waals surface area contributed by atoms with E-state index in [1.807, 2.05) is 20.9 Å². The molecule has 4 rings (SSSR count). The number of aliphatic carboxylic acids is 3. The Morgan fingerprint density at radius 2 is 1.62 bits per heavy atom. The molecule has 0 radical (unpaired) electrons. The highest BCUT2D eigenvalue weighted by molar-refractivity contribution is 7.89. The van der Waals surface area contributed by atoms with E-state index in [0.29, 0.717) is 61.6 Å². The van der Waals surface area contributed by atoms with Crippen molar-refractivity contribution >= 4 is 51.4 Å². The molecular weight excluding hydrogens is 664 g/mol. The van der Waals surface area contributed by atoms with Gasteiger partial charge in [-0.05, 0) is 38.6 Å². The minimum absolute atomic E-state index is 0. The second-order valence-corrected chi connectivity index (χ2v) is 12.6. The van der Waals surface area contributed by atoms with E-state index in [4.69, 9.17) is 30.1 Å². The normalized spacial score (nSPS) is 14.1. The van der Waals surface area contributed by atoms with E-state index in [0.717, 1.165) is 12.1 Å². The molecule has 3 heterocycles. The van der Waals surface area contributed by atoms with Crippen molar-refractivity contribution in [3.8, 4) is 17.1 Å². The second-order valence-electron chi connectivity index (χ2n) is 10.7. The first-order valence-electron chi connectivity index (χ1n) is 14.3. The smallest absolute Gasteiger partial charge is 0.336 e. The third-order valence-corrected chi connectivity index (χ3v) is 9.04. The van der Waals surface area contributed by atoms with Crippen molar-refractivity contribution in [1.29, 1.82) is 0 Å². The largest absolute Gasteiger partial charge is 0.493 e. The van der Waals surface area contributed by atoms with Gasteiger partial charge in [-0.2, -0.15) is 9.40 Å². The highest BCUT2D eigenvalue weighted by atomic mass is 35.5. The summed E-state index contributed by atoms with van der Waals surface area (Å²) in [5.74, 6) is -4.30. The number of nitrogens with one attached hydrogen (secondary N) is 1. The number of halogens is 1. The van der Waals surface area contributed by atoms with E-state index < -0.39 is 46.4 Å². The monoisotopic (exact) mass is 702 g/mol. The number of benzene rings is 1. The van der Waals surface area contributed by atoms with Gasteiger partial charge in [0, 0.05) is 33.2 Å². The number of aromatic nitrogens is 4. The number of fused-ring (bicyclic) bond motifs is 1. The number of hydrogen-bond donors (Lipinski definition) is 5. The van der Waals surface area contributed by atoms with Gasteiger partial charge in [0.2, 0.25) is 10.0 Å². The van der Waals surface area contributed by atoms with E-state index in [1.165, 1.54) is 8.99 Å². The summed E-state index contributed by atoms with van der Waals surface area (Å²) in [4.78, 5) is 53.1. The van der Waals surface area contributed by atoms with Crippen LogP contribution in [0, 0.1) is 0 Å². The maximum Gasteiger partial charge on any atom is 0.336 e. The number of hydrogen-bond acceptors (Lipinski definition) is 11. The lowest BCUT2D eigenvalue weighted by molar-refractivity contribution is -0.170. The van der Waals surface area contributed by atoms with Crippen molar-refractivity contribution in [2.45, 2.75) is 50.0 Å². The van der Waals surface area contributed by atoms with Gasteiger partial charge in [-0.15, -0.1) is 12.4 Å². The number of ether oxygens (including phenoxy) is 1. The Balaban J connectivity index is 0.000000468. The van der Waals surface area contributed by atoms with Crippen LogP contribution in [0.25, 0.3) is 22.4 Å². The minimum Gasteiger partial charge on any atom is -0.493 e. The number of H-pyrrole nitrogens is 1. The molecule has 0 amide bonds. The van der Waals surface area contributed by atoms with E-state index in [1.54, 1.807) is 25.2 Å². The third-order valence-electron chi connectivity index (χ3n) is 7.14. The topological polar surface area (TPSA) is 246 Å². The van der Waals surface area contributed by atoms with Crippen LogP contribution in [-0.4, -0.2) is 121 Å². The number of rotatable bonds is 12. The lowest BCUT2D eigenvalue weighted by Gasteiger charge is -2.31. The molecule has 1 aliphatic heterocycles. The predicted molar refractivity (Wildman–Crippen MR) is 170 cm³/mol. The summed E-state index contributed by atoms with van der Waals surface area (Å²) in [6.45, 7) is 6.48. The Labute approximate surface area is 276 Å². The summed E-state index contributed by atoms with van der Waals surface area (Å²) in [5.41, 5.74) is -0.993. The molecule has 3 aromatic rings. The molecule has 0 saturated carbocycles. The van der Waals surface area contributed by atoms with Gasteiger partial charge in [0.1, 0.15) is 17.1 Å². The average molecular weight is 703 g/mol. The molecule has 1 saturated heterocycles. The summed E-state index contributed by atoms with van der Waals surface area (Å²) in [6.07, 6.45) is -0.745. The fourth-order valence-electron chi connectivity index (χ4n) is 4.81. The molecule has 47 heavy (non-hydrogen) atoms. The van der Waals surface area contributed by atoms with E-state index >= 15 is 0 Å². The first kappa shape index (κ1) is 39.1. The van der Waals surface area contributed by atoms with Crippen molar-refractivity contribution < 1.29 is 48.0 Å². The number of aliphatic hydroxyl groups is 1. The van der Waals surface area contributed by atoms with Crippen LogP contribution in [0.5, 0.6) is 5.75 Å². The molecule has 1 fully saturated rings. The molecule has 260 valence electrons. The SMILES string of the molecule is CCCc1nn(C)c2c(=O)[nH]c(-c3cc(S(=O)(=O)N4CCN(C)CC4)ccc3OCC)nc12.Cl.O=C(O)CC(O)(CC(=O)O)C(=O)O. The van der Waals surface area contributed by atoms with Gasteiger partial charge in [-0.3, -0.25) is 19.1 Å². The van der Waals surface area contributed by atoms with Crippen LogP contribution in [0.4, 0.5) is 0 Å². The molecule has 1 aromatic carbocycles. The van der Waals surface area contributed by atoms with Crippen LogP contribution in [0.1, 0.15) is 38.8 Å². The van der Waals surface area contributed by atoms with Gasteiger partial charge in [-0.25, -0.2) is 18.2 Å². The summed E-state index contributed by atoms with van der Waals surface area (Å²) in [6, 6.07) is 4.71. The maximum absolute atomic E-state index is 13.3. The summed E-state index contributed by atoms with van der Waals surface area (Å²) >= 11 is 0. The van der Waals surface area contributed by atoms with Crippen molar-refractivity contribution in [3.05, 3.63) is 34.2 Å². The molecule has 0 bridgehead atoms. The van der Waals surface area contributed by atoms with Crippen molar-refractivity contribution in [2.75, 3.05) is 39.8 Å². The maximum atomic E-state index is 13.3. The molecule has 19 heteroatoms. The first-order chi connectivity index (χ1) is 21.5. The fourth-order valence-corrected chi connectivity index (χ4v) is 6.26. The van der Waals surface area contributed by atoms with Gasteiger partial charge >= 0.3 is 17.9 Å². The van der Waals surface area contributed by atoms with E-state index in [2.05, 4.69) is 15.0 Å². The molecular formula is C28H39ClN6O11S. The number of piperazine rings is 1. The van der Waals surface area contributed by atoms with Gasteiger partial charge in [0.25, 0.3) is 5.56 Å². The van der Waals surface area contributed by atoms with Crippen LogP contribution >= 0.6 is 12.4 Å². The first-order valence-corrected chi connectivity index (χ1v) is 15.8. The summed E-state index contributed by atoms with van der Waals surface area (Å²) in [5, 5.41) is 38.3. The Bertz CT molecular complexity index is 1750.